The molecule has 9 nitrogen and oxygen atoms in total. The fourth-order valence-corrected chi connectivity index (χ4v) is 4.55. The number of nitrogens with one attached hydrogen (secondary N) is 3. The molecular weight excluding hydrogens is 472 g/mol. The van der Waals surface area contributed by atoms with Crippen LogP contribution < -0.4 is 16.0 Å². The average Bonchev–Trinajstić information content (AvgIpc) is 3.15. The topological polar surface area (TPSA) is 125 Å². The molecule has 202 valence electrons. The van der Waals surface area contributed by atoms with Crippen molar-refractivity contribution in [3.05, 3.63) is 42.0 Å². The SMILES string of the molecule is CCc1ccc(NC(=O)[C@H](C)NC(=O)[C@@H](NC(=O)C(C)(C)CC(C)(C)N2C(=O)C=CC2=O)C(C)C)cc1. The maximum absolute atomic E-state index is 13.3. The molecule has 1 aliphatic rings. The lowest BCUT2D eigenvalue weighted by Crippen LogP contribution is -2.57. The van der Waals surface area contributed by atoms with Crippen LogP contribution in [0.2, 0.25) is 0 Å². The van der Waals surface area contributed by atoms with E-state index in [0.717, 1.165) is 16.9 Å². The first-order valence-corrected chi connectivity index (χ1v) is 12.7. The Bertz CT molecular complexity index is 1050. The van der Waals surface area contributed by atoms with Crippen LogP contribution in [0, 0.1) is 11.3 Å². The predicted molar refractivity (Wildman–Crippen MR) is 142 cm³/mol. The Morgan fingerprint density at radius 1 is 0.865 bits per heavy atom. The number of carbonyl (C=O) groups is 5. The van der Waals surface area contributed by atoms with Gasteiger partial charge >= 0.3 is 0 Å². The minimum Gasteiger partial charge on any atom is -0.344 e. The fraction of sp³-hybridized carbons (Fsp3) is 0.536. The third-order valence-electron chi connectivity index (χ3n) is 6.52. The van der Waals surface area contributed by atoms with E-state index in [2.05, 4.69) is 16.0 Å². The van der Waals surface area contributed by atoms with Crippen molar-refractivity contribution in [2.45, 2.75) is 85.9 Å². The van der Waals surface area contributed by atoms with E-state index in [4.69, 9.17) is 0 Å². The predicted octanol–water partition coefficient (Wildman–Crippen LogP) is 2.95. The lowest BCUT2D eigenvalue weighted by Gasteiger charge is -2.40. The van der Waals surface area contributed by atoms with Gasteiger partial charge in [-0.25, -0.2) is 0 Å². The number of amides is 5. The van der Waals surface area contributed by atoms with Gasteiger partial charge in [0.2, 0.25) is 17.7 Å². The van der Waals surface area contributed by atoms with Crippen molar-refractivity contribution in [3.63, 3.8) is 0 Å². The Labute approximate surface area is 219 Å². The summed E-state index contributed by atoms with van der Waals surface area (Å²) in [5.74, 6) is -2.33. The molecule has 0 aromatic heterocycles. The quantitative estimate of drug-likeness (QED) is 0.393. The van der Waals surface area contributed by atoms with Crippen molar-refractivity contribution in [2.75, 3.05) is 5.32 Å². The summed E-state index contributed by atoms with van der Waals surface area (Å²) in [6.45, 7) is 14.1. The molecule has 9 heteroatoms. The fourth-order valence-electron chi connectivity index (χ4n) is 4.55. The molecular formula is C28H40N4O5. The maximum atomic E-state index is 13.3. The van der Waals surface area contributed by atoms with Crippen LogP contribution in [0.5, 0.6) is 0 Å². The molecule has 0 radical (unpaired) electrons. The summed E-state index contributed by atoms with van der Waals surface area (Å²) in [6, 6.07) is 5.77. The van der Waals surface area contributed by atoms with Gasteiger partial charge in [-0.1, -0.05) is 46.8 Å². The van der Waals surface area contributed by atoms with Crippen LogP contribution in [0.15, 0.2) is 36.4 Å². The molecule has 1 aromatic carbocycles. The molecule has 5 amide bonds. The van der Waals surface area contributed by atoms with E-state index in [1.54, 1.807) is 48.5 Å². The van der Waals surface area contributed by atoms with Crippen LogP contribution in [-0.2, 0) is 30.4 Å². The molecule has 1 aliphatic heterocycles. The molecule has 0 aliphatic carbocycles. The van der Waals surface area contributed by atoms with Gasteiger partial charge in [-0.3, -0.25) is 28.9 Å². The summed E-state index contributed by atoms with van der Waals surface area (Å²) in [4.78, 5) is 64.5. The maximum Gasteiger partial charge on any atom is 0.254 e. The molecule has 0 saturated carbocycles. The highest BCUT2D eigenvalue weighted by molar-refractivity contribution is 6.13. The average molecular weight is 513 g/mol. The molecule has 0 spiro atoms. The molecule has 3 N–H and O–H groups in total. The number of benzene rings is 1. The summed E-state index contributed by atoms with van der Waals surface area (Å²) in [6.07, 6.45) is 3.51. The molecule has 0 bridgehead atoms. The zero-order chi connectivity index (χ0) is 28.1. The zero-order valence-electron chi connectivity index (χ0n) is 23.1. The van der Waals surface area contributed by atoms with Crippen LogP contribution in [0.25, 0.3) is 0 Å². The highest BCUT2D eigenvalue weighted by Crippen LogP contribution is 2.34. The second-order valence-electron chi connectivity index (χ2n) is 11.2. The first-order chi connectivity index (χ1) is 17.1. The normalized spacial score (nSPS) is 15.5. The van der Waals surface area contributed by atoms with Crippen molar-refractivity contribution < 1.29 is 24.0 Å². The molecule has 0 saturated heterocycles. The molecule has 0 fully saturated rings. The van der Waals surface area contributed by atoms with Crippen LogP contribution in [0.3, 0.4) is 0 Å². The molecule has 0 unspecified atom stereocenters. The Morgan fingerprint density at radius 3 is 1.89 bits per heavy atom. The van der Waals surface area contributed by atoms with Crippen LogP contribution in [0.4, 0.5) is 5.69 Å². The van der Waals surface area contributed by atoms with E-state index in [0.29, 0.717) is 5.69 Å². The Hall–Kier alpha value is -3.49. The number of carbonyl (C=O) groups excluding carboxylic acids is 5. The largest absolute Gasteiger partial charge is 0.344 e. The van der Waals surface area contributed by atoms with Gasteiger partial charge in [0.1, 0.15) is 12.1 Å². The number of hydrogen-bond acceptors (Lipinski definition) is 5. The summed E-state index contributed by atoms with van der Waals surface area (Å²) in [5, 5.41) is 8.29. The molecule has 1 heterocycles. The Balaban J connectivity index is 2.03. The van der Waals surface area contributed by atoms with Gasteiger partial charge in [0.25, 0.3) is 11.8 Å². The Kier molecular flexibility index (Phi) is 9.41. The number of rotatable bonds is 11. The van der Waals surface area contributed by atoms with Gasteiger partial charge in [0, 0.05) is 28.8 Å². The van der Waals surface area contributed by atoms with Crippen LogP contribution in [-0.4, -0.2) is 52.1 Å². The second-order valence-corrected chi connectivity index (χ2v) is 11.2. The summed E-state index contributed by atoms with van der Waals surface area (Å²) >= 11 is 0. The molecule has 2 atom stereocenters. The Morgan fingerprint density at radius 2 is 1.41 bits per heavy atom. The monoisotopic (exact) mass is 512 g/mol. The number of imide groups is 1. The van der Waals surface area contributed by atoms with Crippen LogP contribution in [0.1, 0.15) is 67.4 Å². The van der Waals surface area contributed by atoms with Gasteiger partial charge in [-0.2, -0.15) is 0 Å². The van der Waals surface area contributed by atoms with Crippen molar-refractivity contribution in [1.82, 2.24) is 15.5 Å². The van der Waals surface area contributed by atoms with E-state index in [1.165, 1.54) is 12.2 Å². The standard InChI is InChI=1S/C28H40N4O5/c1-9-19-10-12-20(13-11-19)30-24(35)18(4)29-25(36)23(17(2)3)31-26(37)27(5,6)16-28(7,8)32-21(33)14-15-22(32)34/h10-15,17-18,23H,9,16H2,1-8H3,(H,29,36)(H,30,35)(H,31,37)/t18-,23-/m0/s1. The molecule has 37 heavy (non-hydrogen) atoms. The van der Waals surface area contributed by atoms with Gasteiger partial charge in [0.15, 0.2) is 0 Å². The van der Waals surface area contributed by atoms with Gasteiger partial charge in [0.05, 0.1) is 0 Å². The number of aryl methyl sites for hydroxylation is 1. The molecule has 2 rings (SSSR count). The zero-order valence-corrected chi connectivity index (χ0v) is 23.1. The van der Waals surface area contributed by atoms with Gasteiger partial charge < -0.3 is 16.0 Å². The van der Waals surface area contributed by atoms with Gasteiger partial charge in [-0.05, 0) is 57.2 Å². The number of anilines is 1. The van der Waals surface area contributed by atoms with E-state index in [1.807, 2.05) is 31.2 Å². The number of nitrogens with zero attached hydrogens (tertiary/aromatic N) is 1. The third-order valence-corrected chi connectivity index (χ3v) is 6.52. The minimum absolute atomic E-state index is 0.188. The van der Waals surface area contributed by atoms with E-state index < -0.39 is 46.7 Å². The summed E-state index contributed by atoms with van der Waals surface area (Å²) < 4.78 is 0. The lowest BCUT2D eigenvalue weighted by molar-refractivity contribution is -0.146. The van der Waals surface area contributed by atoms with Crippen molar-refractivity contribution >= 4 is 35.2 Å². The molecule has 1 aromatic rings. The van der Waals surface area contributed by atoms with E-state index in [9.17, 15) is 24.0 Å². The summed E-state index contributed by atoms with van der Waals surface area (Å²) in [7, 11) is 0. The van der Waals surface area contributed by atoms with Gasteiger partial charge in [-0.15, -0.1) is 0 Å². The number of hydrogen-bond donors (Lipinski definition) is 3. The van der Waals surface area contributed by atoms with Crippen molar-refractivity contribution in [1.29, 1.82) is 0 Å². The summed E-state index contributed by atoms with van der Waals surface area (Å²) in [5.41, 5.74) is -0.146. The minimum atomic E-state index is -1.01. The van der Waals surface area contributed by atoms with E-state index in [-0.39, 0.29) is 18.2 Å². The van der Waals surface area contributed by atoms with Crippen LogP contribution >= 0.6 is 0 Å². The smallest absolute Gasteiger partial charge is 0.254 e. The van der Waals surface area contributed by atoms with Crippen molar-refractivity contribution in [2.24, 2.45) is 11.3 Å². The lowest BCUT2D eigenvalue weighted by atomic mass is 9.78. The highest BCUT2D eigenvalue weighted by atomic mass is 16.2. The third kappa shape index (κ3) is 7.50. The first kappa shape index (κ1) is 29.7. The van der Waals surface area contributed by atoms with E-state index >= 15 is 0 Å². The first-order valence-electron chi connectivity index (χ1n) is 12.7. The highest BCUT2D eigenvalue weighted by Gasteiger charge is 2.44. The second kappa shape index (κ2) is 11.7. The van der Waals surface area contributed by atoms with Crippen molar-refractivity contribution in [3.8, 4) is 0 Å².